The van der Waals surface area contributed by atoms with Gasteiger partial charge in [-0.3, -0.25) is 24.2 Å². The number of carbonyl (C=O) groups excluding carboxylic acids is 3. The lowest BCUT2D eigenvalue weighted by Gasteiger charge is -2.35. The van der Waals surface area contributed by atoms with Gasteiger partial charge in [0.25, 0.3) is 0 Å². The fraction of sp³-hybridized carbons (Fsp3) is 0.526. The molecule has 1 aromatic carbocycles. The topological polar surface area (TPSA) is 69.7 Å². The number of nitrogens with zero attached hydrogens (tertiary/aromatic N) is 2. The van der Waals surface area contributed by atoms with E-state index in [1.54, 1.807) is 0 Å². The average molecular weight is 429 g/mol. The fourth-order valence-electron chi connectivity index (χ4n) is 3.66. The van der Waals surface area contributed by atoms with Gasteiger partial charge in [-0.15, -0.1) is 0 Å². The highest BCUT2D eigenvalue weighted by molar-refractivity contribution is 8.00. The van der Waals surface area contributed by atoms with E-state index in [0.29, 0.717) is 25.9 Å². The van der Waals surface area contributed by atoms with Crippen molar-refractivity contribution in [2.24, 2.45) is 0 Å². The summed E-state index contributed by atoms with van der Waals surface area (Å²) in [5.41, 5.74) is -3.55. The van der Waals surface area contributed by atoms with Gasteiger partial charge in [0.1, 0.15) is 0 Å². The van der Waals surface area contributed by atoms with Gasteiger partial charge in [0, 0.05) is 19.1 Å². The molecule has 2 saturated heterocycles. The fourth-order valence-corrected chi connectivity index (χ4v) is 4.03. The molecule has 0 radical (unpaired) electrons. The number of halogens is 3. The summed E-state index contributed by atoms with van der Waals surface area (Å²) >= 11 is -0.358. The van der Waals surface area contributed by atoms with Gasteiger partial charge in [0.05, 0.1) is 24.8 Å². The Bertz CT molecular complexity index is 752. The summed E-state index contributed by atoms with van der Waals surface area (Å²) in [6.45, 7) is 1.25. The third-order valence-corrected chi connectivity index (χ3v) is 5.84. The zero-order valence-corrected chi connectivity index (χ0v) is 16.5. The molecule has 29 heavy (non-hydrogen) atoms. The van der Waals surface area contributed by atoms with Crippen LogP contribution >= 0.6 is 11.8 Å². The van der Waals surface area contributed by atoms with Crippen LogP contribution in [-0.4, -0.2) is 64.0 Å². The van der Waals surface area contributed by atoms with Crippen LogP contribution in [0.25, 0.3) is 0 Å². The average Bonchev–Trinajstić information content (AvgIpc) is 2.96. The Hall–Kier alpha value is -2.07. The summed E-state index contributed by atoms with van der Waals surface area (Å²) in [7, 11) is 0. The van der Waals surface area contributed by atoms with E-state index in [1.807, 2.05) is 35.2 Å². The van der Waals surface area contributed by atoms with Crippen LogP contribution < -0.4 is 5.32 Å². The SMILES string of the molecule is O=C(CSC(F)(F)F)NC1CCN([C@H]2CC(=O)N(Cc3ccccc3)C2=O)CC1. The summed E-state index contributed by atoms with van der Waals surface area (Å²) in [6, 6.07) is 8.56. The van der Waals surface area contributed by atoms with Crippen molar-refractivity contribution >= 4 is 29.5 Å². The molecule has 3 amide bonds. The number of imide groups is 1. The maximum Gasteiger partial charge on any atom is 0.442 e. The first-order valence-electron chi connectivity index (χ1n) is 9.35. The lowest BCUT2D eigenvalue weighted by Crippen LogP contribution is -2.50. The number of thioether (sulfide) groups is 1. The molecule has 0 aromatic heterocycles. The molecular weight excluding hydrogens is 407 g/mol. The molecule has 0 saturated carbocycles. The molecule has 0 unspecified atom stereocenters. The molecule has 2 fully saturated rings. The van der Waals surface area contributed by atoms with Crippen molar-refractivity contribution < 1.29 is 27.6 Å². The van der Waals surface area contributed by atoms with E-state index in [9.17, 15) is 27.6 Å². The van der Waals surface area contributed by atoms with Gasteiger partial charge in [-0.05, 0) is 30.2 Å². The van der Waals surface area contributed by atoms with Crippen LogP contribution in [0.4, 0.5) is 13.2 Å². The van der Waals surface area contributed by atoms with Gasteiger partial charge >= 0.3 is 5.51 Å². The van der Waals surface area contributed by atoms with E-state index < -0.39 is 23.2 Å². The first kappa shape index (κ1) is 21.6. The van der Waals surface area contributed by atoms with Crippen LogP contribution in [0.3, 0.4) is 0 Å². The van der Waals surface area contributed by atoms with Crippen LogP contribution in [0.2, 0.25) is 0 Å². The summed E-state index contributed by atoms with van der Waals surface area (Å²) in [6.07, 6.45) is 1.18. The summed E-state index contributed by atoms with van der Waals surface area (Å²) in [5, 5.41) is 2.62. The van der Waals surface area contributed by atoms with Crippen LogP contribution in [0, 0.1) is 0 Å². The molecule has 1 N–H and O–H groups in total. The molecule has 2 aliphatic heterocycles. The molecule has 0 bridgehead atoms. The van der Waals surface area contributed by atoms with Crippen molar-refractivity contribution in [1.29, 1.82) is 0 Å². The molecule has 10 heteroatoms. The van der Waals surface area contributed by atoms with Gasteiger partial charge in [-0.1, -0.05) is 30.3 Å². The molecule has 1 atom stereocenters. The molecule has 6 nitrogen and oxygen atoms in total. The van der Waals surface area contributed by atoms with Crippen LogP contribution in [-0.2, 0) is 20.9 Å². The van der Waals surface area contributed by atoms with E-state index in [1.165, 1.54) is 4.90 Å². The second-order valence-corrected chi connectivity index (χ2v) is 8.18. The Morgan fingerprint density at radius 1 is 1.14 bits per heavy atom. The number of alkyl halides is 3. The van der Waals surface area contributed by atoms with Crippen LogP contribution in [0.1, 0.15) is 24.8 Å². The van der Waals surface area contributed by atoms with Gasteiger partial charge in [0.2, 0.25) is 17.7 Å². The van der Waals surface area contributed by atoms with Gasteiger partial charge < -0.3 is 5.32 Å². The third kappa shape index (κ3) is 5.96. The van der Waals surface area contributed by atoms with Gasteiger partial charge in [-0.2, -0.15) is 13.2 Å². The molecule has 0 spiro atoms. The Morgan fingerprint density at radius 2 is 1.79 bits per heavy atom. The number of benzene rings is 1. The number of hydrogen-bond acceptors (Lipinski definition) is 5. The first-order chi connectivity index (χ1) is 13.7. The Balaban J connectivity index is 1.47. The highest BCUT2D eigenvalue weighted by Crippen LogP contribution is 2.30. The molecule has 1 aromatic rings. The maximum atomic E-state index is 12.7. The van der Waals surface area contributed by atoms with E-state index in [-0.39, 0.29) is 42.6 Å². The highest BCUT2D eigenvalue weighted by atomic mass is 32.2. The van der Waals surface area contributed by atoms with E-state index in [0.717, 1.165) is 5.56 Å². The number of rotatable bonds is 6. The molecule has 3 rings (SSSR count). The minimum atomic E-state index is -4.43. The standard InChI is InChI=1S/C19H22F3N3O3S/c20-19(21,22)29-12-16(26)23-14-6-8-24(9-7-14)15-10-17(27)25(18(15)28)11-13-4-2-1-3-5-13/h1-5,14-15H,6-12H2,(H,23,26)/t15-/m0/s1. The van der Waals surface area contributed by atoms with Crippen LogP contribution in [0.15, 0.2) is 30.3 Å². The molecule has 2 aliphatic rings. The molecule has 158 valence electrons. The zero-order chi connectivity index (χ0) is 21.0. The Morgan fingerprint density at radius 3 is 2.41 bits per heavy atom. The number of hydrogen-bond donors (Lipinski definition) is 1. The zero-order valence-electron chi connectivity index (χ0n) is 15.7. The van der Waals surface area contributed by atoms with Gasteiger partial charge in [-0.25, -0.2) is 0 Å². The Kier molecular flexibility index (Phi) is 6.84. The van der Waals surface area contributed by atoms with Crippen molar-refractivity contribution in [3.05, 3.63) is 35.9 Å². The third-order valence-electron chi connectivity index (χ3n) is 5.11. The number of piperidine rings is 1. The summed E-state index contributed by atoms with van der Waals surface area (Å²) < 4.78 is 36.5. The van der Waals surface area contributed by atoms with E-state index in [4.69, 9.17) is 0 Å². The first-order valence-corrected chi connectivity index (χ1v) is 10.3. The van der Waals surface area contributed by atoms with Crippen LogP contribution in [0.5, 0.6) is 0 Å². The number of carbonyl (C=O) groups is 3. The van der Waals surface area contributed by atoms with E-state index >= 15 is 0 Å². The number of likely N-dealkylation sites (tertiary alicyclic amines) is 2. The maximum absolute atomic E-state index is 12.7. The monoisotopic (exact) mass is 429 g/mol. The second-order valence-electron chi connectivity index (χ2n) is 7.14. The largest absolute Gasteiger partial charge is 0.442 e. The van der Waals surface area contributed by atoms with Crippen molar-refractivity contribution in [3.63, 3.8) is 0 Å². The summed E-state index contributed by atoms with van der Waals surface area (Å²) in [4.78, 5) is 39.9. The number of amides is 3. The quantitative estimate of drug-likeness (QED) is 0.702. The molecule has 2 heterocycles. The predicted octanol–water partition coefficient (Wildman–Crippen LogP) is 2.15. The highest BCUT2D eigenvalue weighted by Gasteiger charge is 2.42. The van der Waals surface area contributed by atoms with E-state index in [2.05, 4.69) is 5.32 Å². The lowest BCUT2D eigenvalue weighted by molar-refractivity contribution is -0.140. The lowest BCUT2D eigenvalue weighted by atomic mass is 10.0. The summed E-state index contributed by atoms with van der Waals surface area (Å²) in [5.74, 6) is -1.73. The Labute approximate surface area is 170 Å². The number of nitrogens with one attached hydrogen (secondary N) is 1. The van der Waals surface area contributed by atoms with Crippen molar-refractivity contribution in [3.8, 4) is 0 Å². The predicted molar refractivity (Wildman–Crippen MR) is 102 cm³/mol. The minimum Gasteiger partial charge on any atom is -0.353 e. The smallest absolute Gasteiger partial charge is 0.353 e. The molecular formula is C19H22F3N3O3S. The van der Waals surface area contributed by atoms with Crippen molar-refractivity contribution in [2.45, 2.75) is 43.4 Å². The molecule has 0 aliphatic carbocycles. The normalized spacial score (nSPS) is 21.6. The van der Waals surface area contributed by atoms with Crippen molar-refractivity contribution in [2.75, 3.05) is 18.8 Å². The minimum absolute atomic E-state index is 0.130. The second kappa shape index (κ2) is 9.17. The van der Waals surface area contributed by atoms with Crippen molar-refractivity contribution in [1.82, 2.24) is 15.1 Å². The van der Waals surface area contributed by atoms with Gasteiger partial charge in [0.15, 0.2) is 0 Å².